The molecule has 102 valence electrons. The number of hydroxylamine groups is 1. The molecule has 0 radical (unpaired) electrons. The number of hydrogen-bond acceptors (Lipinski definition) is 3. The van der Waals surface area contributed by atoms with Crippen LogP contribution in [0.5, 0.6) is 0 Å². The molecule has 4 heteroatoms. The highest BCUT2D eigenvalue weighted by Crippen LogP contribution is 2.19. The molecule has 0 aliphatic carbocycles. The first-order chi connectivity index (χ1) is 9.04. The van der Waals surface area contributed by atoms with Gasteiger partial charge in [0.2, 0.25) is 6.20 Å². The predicted octanol–water partition coefficient (Wildman–Crippen LogP) is 3.77. The number of ketones is 1. The molecule has 0 aliphatic rings. The van der Waals surface area contributed by atoms with Crippen LogP contribution in [0.2, 0.25) is 0 Å². The maximum Gasteiger partial charge on any atom is 0.213 e. The van der Waals surface area contributed by atoms with Crippen LogP contribution in [0.15, 0.2) is 41.6 Å². The van der Waals surface area contributed by atoms with Crippen LogP contribution in [-0.2, 0) is 4.79 Å². The van der Waals surface area contributed by atoms with E-state index in [0.29, 0.717) is 4.86 Å². The summed E-state index contributed by atoms with van der Waals surface area (Å²) in [5.74, 6) is -0.119. The van der Waals surface area contributed by atoms with Gasteiger partial charge in [0.25, 0.3) is 0 Å². The molecule has 19 heavy (non-hydrogen) atoms. The maximum atomic E-state index is 11.7. The lowest BCUT2D eigenvalue weighted by Gasteiger charge is -2.05. The van der Waals surface area contributed by atoms with E-state index in [2.05, 4.69) is 12.0 Å². The lowest BCUT2D eigenvalue weighted by atomic mass is 10.0. The third-order valence-corrected chi connectivity index (χ3v) is 2.81. The Kier molecular flexibility index (Phi) is 5.93. The highest BCUT2D eigenvalue weighted by molar-refractivity contribution is 5.80. The van der Waals surface area contributed by atoms with Crippen molar-refractivity contribution >= 4 is 11.4 Å². The van der Waals surface area contributed by atoms with Crippen molar-refractivity contribution in [1.29, 1.82) is 0 Å². The van der Waals surface area contributed by atoms with Crippen molar-refractivity contribution in [1.82, 2.24) is 0 Å². The normalized spacial score (nSPS) is 14.3. The minimum atomic E-state index is -0.604. The SMILES string of the molecule is CCC/C(=C/[N+]([O-])=NC(C)C(C)=O)c1ccccc1. The molecule has 0 saturated carbocycles. The molecule has 0 N–H and O–H groups in total. The van der Waals surface area contributed by atoms with Gasteiger partial charge >= 0.3 is 0 Å². The Balaban J connectivity index is 2.99. The largest absolute Gasteiger partial charge is 0.595 e. The highest BCUT2D eigenvalue weighted by atomic mass is 16.5. The van der Waals surface area contributed by atoms with Gasteiger partial charge in [0.05, 0.1) is 0 Å². The van der Waals surface area contributed by atoms with Gasteiger partial charge in [-0.25, -0.2) is 0 Å². The van der Waals surface area contributed by atoms with E-state index in [-0.39, 0.29) is 5.78 Å². The smallest absolute Gasteiger partial charge is 0.213 e. The Morgan fingerprint density at radius 2 is 2.05 bits per heavy atom. The van der Waals surface area contributed by atoms with Crippen LogP contribution < -0.4 is 0 Å². The Labute approximate surface area is 114 Å². The number of allylic oxidation sites excluding steroid dienone is 1. The van der Waals surface area contributed by atoms with Crippen molar-refractivity contribution in [2.75, 3.05) is 0 Å². The highest BCUT2D eigenvalue weighted by Gasteiger charge is 2.10. The van der Waals surface area contributed by atoms with Crippen molar-refractivity contribution in [3.63, 3.8) is 0 Å². The lowest BCUT2D eigenvalue weighted by Crippen LogP contribution is -2.12. The van der Waals surface area contributed by atoms with Crippen LogP contribution >= 0.6 is 0 Å². The summed E-state index contributed by atoms with van der Waals surface area (Å²) in [4.78, 5) is 11.6. The molecule has 1 atom stereocenters. The second kappa shape index (κ2) is 7.46. The minimum Gasteiger partial charge on any atom is -0.595 e. The summed E-state index contributed by atoms with van der Waals surface area (Å²) in [7, 11) is 0. The fourth-order valence-electron chi connectivity index (χ4n) is 1.62. The third-order valence-electron chi connectivity index (χ3n) is 2.81. The summed E-state index contributed by atoms with van der Waals surface area (Å²) in [5.41, 5.74) is 1.94. The summed E-state index contributed by atoms with van der Waals surface area (Å²) >= 11 is 0. The van der Waals surface area contributed by atoms with Gasteiger partial charge in [-0.2, -0.15) is 0 Å². The summed E-state index contributed by atoms with van der Waals surface area (Å²) < 4.78 is 0. The Morgan fingerprint density at radius 3 is 2.58 bits per heavy atom. The quantitative estimate of drug-likeness (QED) is 0.444. The average Bonchev–Trinajstić information content (AvgIpc) is 2.39. The molecular weight excluding hydrogens is 240 g/mol. The van der Waals surface area contributed by atoms with Gasteiger partial charge in [0.1, 0.15) is 0 Å². The second-order valence-corrected chi connectivity index (χ2v) is 4.47. The molecule has 0 amide bonds. The number of benzene rings is 1. The number of nitrogens with zero attached hydrogens (tertiary/aromatic N) is 2. The lowest BCUT2D eigenvalue weighted by molar-refractivity contribution is -0.460. The number of carbonyl (C=O) groups excluding carboxylic acids is 1. The van der Waals surface area contributed by atoms with Crippen LogP contribution in [0.1, 0.15) is 39.2 Å². The molecule has 0 fully saturated rings. The first kappa shape index (κ1) is 15.1. The van der Waals surface area contributed by atoms with Crippen LogP contribution in [0, 0.1) is 5.21 Å². The van der Waals surface area contributed by atoms with Gasteiger partial charge in [-0.3, -0.25) is 4.79 Å². The fraction of sp³-hybridized carbons (Fsp3) is 0.400. The van der Waals surface area contributed by atoms with Gasteiger partial charge in [-0.1, -0.05) is 48.5 Å². The first-order valence-electron chi connectivity index (χ1n) is 6.48. The van der Waals surface area contributed by atoms with E-state index in [9.17, 15) is 10.0 Å². The Hall–Kier alpha value is -1.97. The van der Waals surface area contributed by atoms with Crippen LogP contribution in [-0.4, -0.2) is 16.7 Å². The molecule has 4 nitrogen and oxygen atoms in total. The molecule has 0 aromatic heterocycles. The molecule has 0 aliphatic heterocycles. The van der Waals surface area contributed by atoms with Gasteiger partial charge < -0.3 is 5.21 Å². The Bertz CT molecular complexity index is 478. The van der Waals surface area contributed by atoms with Crippen molar-refractivity contribution in [2.24, 2.45) is 5.11 Å². The second-order valence-electron chi connectivity index (χ2n) is 4.47. The number of carbonyl (C=O) groups is 1. The summed E-state index contributed by atoms with van der Waals surface area (Å²) in [6, 6.07) is 9.12. The minimum absolute atomic E-state index is 0.119. The fourth-order valence-corrected chi connectivity index (χ4v) is 1.62. The van der Waals surface area contributed by atoms with Gasteiger partial charge in [-0.05, 0) is 30.9 Å². The zero-order valence-corrected chi connectivity index (χ0v) is 11.7. The first-order valence-corrected chi connectivity index (χ1v) is 6.48. The topological polar surface area (TPSA) is 55.5 Å². The van der Waals surface area contributed by atoms with E-state index in [1.165, 1.54) is 13.1 Å². The third kappa shape index (κ3) is 5.04. The van der Waals surface area contributed by atoms with Crippen LogP contribution in [0.3, 0.4) is 0 Å². The average molecular weight is 260 g/mol. The van der Waals surface area contributed by atoms with E-state index >= 15 is 0 Å². The van der Waals surface area contributed by atoms with Crippen molar-refractivity contribution < 1.29 is 9.66 Å². The molecule has 0 bridgehead atoms. The zero-order valence-electron chi connectivity index (χ0n) is 11.7. The van der Waals surface area contributed by atoms with E-state index in [0.717, 1.165) is 24.0 Å². The maximum absolute atomic E-state index is 11.7. The summed E-state index contributed by atoms with van der Waals surface area (Å²) in [6.07, 6.45) is 3.20. The summed E-state index contributed by atoms with van der Waals surface area (Å²) in [5, 5.41) is 15.5. The van der Waals surface area contributed by atoms with Crippen molar-refractivity contribution in [3.05, 3.63) is 47.3 Å². The Morgan fingerprint density at radius 1 is 1.42 bits per heavy atom. The van der Waals surface area contributed by atoms with Crippen LogP contribution in [0.25, 0.3) is 5.57 Å². The number of hydrogen-bond donors (Lipinski definition) is 0. The molecule has 1 aromatic carbocycles. The molecule has 1 unspecified atom stereocenters. The van der Waals surface area contributed by atoms with E-state index < -0.39 is 6.04 Å². The molecular formula is C15H20N2O2. The monoisotopic (exact) mass is 260 g/mol. The molecule has 1 aromatic rings. The van der Waals surface area contributed by atoms with Crippen molar-refractivity contribution in [2.45, 2.75) is 39.7 Å². The zero-order chi connectivity index (χ0) is 14.3. The van der Waals surface area contributed by atoms with Gasteiger partial charge in [0.15, 0.2) is 11.8 Å². The molecule has 0 spiro atoms. The van der Waals surface area contributed by atoms with E-state index in [1.54, 1.807) is 6.92 Å². The molecule has 1 rings (SSSR count). The standard InChI is InChI=1S/C15H20N2O2/c1-4-8-15(14-9-6-5-7-10-14)11-17(19)16-12(2)13(3)18/h5-7,9-12H,4,8H2,1-3H3/b15-11-,17-16?. The van der Waals surface area contributed by atoms with Crippen LogP contribution in [0.4, 0.5) is 0 Å². The molecule has 0 saturated heterocycles. The number of azo groups is 1. The number of rotatable bonds is 6. The van der Waals surface area contributed by atoms with Gasteiger partial charge in [-0.15, -0.1) is 0 Å². The van der Waals surface area contributed by atoms with Crippen molar-refractivity contribution in [3.8, 4) is 0 Å². The molecule has 0 heterocycles. The van der Waals surface area contributed by atoms with Gasteiger partial charge in [0, 0.05) is 5.57 Å². The predicted molar refractivity (Wildman–Crippen MR) is 75.5 cm³/mol. The summed E-state index contributed by atoms with van der Waals surface area (Å²) in [6.45, 7) is 5.10. The van der Waals surface area contributed by atoms with E-state index in [1.807, 2.05) is 30.3 Å². The van der Waals surface area contributed by atoms with E-state index in [4.69, 9.17) is 0 Å². The number of Topliss-reactive ketones (excluding diaryl/α,β-unsaturated/α-hetero) is 1.